The van der Waals surface area contributed by atoms with Crippen LogP contribution in [0.1, 0.15) is 34.9 Å². The van der Waals surface area contributed by atoms with Crippen molar-refractivity contribution in [2.24, 2.45) is 5.92 Å². The van der Waals surface area contributed by atoms with Crippen LogP contribution in [0.15, 0.2) is 41.0 Å². The van der Waals surface area contributed by atoms with Gasteiger partial charge >= 0.3 is 0 Å². The van der Waals surface area contributed by atoms with Crippen molar-refractivity contribution in [2.45, 2.75) is 30.8 Å². The van der Waals surface area contributed by atoms with Gasteiger partial charge in [-0.2, -0.15) is 0 Å². The average molecular weight is 366 g/mol. The van der Waals surface area contributed by atoms with Gasteiger partial charge in [0.2, 0.25) is 6.79 Å². The predicted molar refractivity (Wildman–Crippen MR) is 96.9 cm³/mol. The molecule has 5 aliphatic rings. The highest BCUT2D eigenvalue weighted by Crippen LogP contribution is 2.48. The number of carbonyl (C=O) groups is 1. The molecule has 4 fully saturated rings. The molecular weight excluding hydrogens is 344 g/mol. The van der Waals surface area contributed by atoms with E-state index in [9.17, 15) is 4.79 Å². The van der Waals surface area contributed by atoms with Gasteiger partial charge in [0.1, 0.15) is 0 Å². The number of amides is 1. The highest BCUT2D eigenvalue weighted by Gasteiger charge is 2.55. The van der Waals surface area contributed by atoms with E-state index in [0.717, 1.165) is 31.1 Å². The lowest BCUT2D eigenvalue weighted by Gasteiger charge is -2.51. The minimum Gasteiger partial charge on any atom is -0.459 e. The third-order valence-electron chi connectivity index (χ3n) is 6.81. The van der Waals surface area contributed by atoms with Gasteiger partial charge in [-0.15, -0.1) is 0 Å². The van der Waals surface area contributed by atoms with Crippen LogP contribution in [0.4, 0.5) is 0 Å². The number of rotatable bonds is 2. The summed E-state index contributed by atoms with van der Waals surface area (Å²) in [6.07, 6.45) is 3.93. The maximum absolute atomic E-state index is 13.2. The number of hydrogen-bond acceptors (Lipinski definition) is 5. The summed E-state index contributed by atoms with van der Waals surface area (Å²) in [6.45, 7) is 3.28. The van der Waals surface area contributed by atoms with Crippen LogP contribution >= 0.6 is 0 Å². The first-order valence-corrected chi connectivity index (χ1v) is 9.78. The first kappa shape index (κ1) is 15.6. The Bertz CT molecular complexity index is 872. The first-order chi connectivity index (χ1) is 13.3. The SMILES string of the molecule is O=C(c1ccco1)N1C[C@@H](c2ccc3c(c2)OCO3)[C@@H]2[C@H]1C1CCN2CC1. The Morgan fingerprint density at radius 3 is 2.70 bits per heavy atom. The summed E-state index contributed by atoms with van der Waals surface area (Å²) in [7, 11) is 0. The van der Waals surface area contributed by atoms with E-state index >= 15 is 0 Å². The van der Waals surface area contributed by atoms with Gasteiger partial charge in [0, 0.05) is 18.5 Å². The zero-order chi connectivity index (χ0) is 18.0. The minimum absolute atomic E-state index is 0.0204. The van der Waals surface area contributed by atoms with Gasteiger partial charge in [-0.25, -0.2) is 0 Å². The van der Waals surface area contributed by atoms with Crippen molar-refractivity contribution in [2.75, 3.05) is 26.4 Å². The molecule has 1 aromatic carbocycles. The predicted octanol–water partition coefficient (Wildman–Crippen LogP) is 2.71. The summed E-state index contributed by atoms with van der Waals surface area (Å²) < 4.78 is 16.5. The molecule has 2 aromatic rings. The molecule has 4 saturated heterocycles. The molecule has 140 valence electrons. The van der Waals surface area contributed by atoms with E-state index in [2.05, 4.69) is 21.9 Å². The van der Waals surface area contributed by atoms with Crippen LogP contribution in [0.5, 0.6) is 11.5 Å². The fourth-order valence-electron chi connectivity index (χ4n) is 5.63. The number of likely N-dealkylation sites (tertiary alicyclic amines) is 1. The van der Waals surface area contributed by atoms with Crippen LogP contribution in [-0.4, -0.2) is 54.2 Å². The molecule has 2 bridgehead atoms. The molecule has 27 heavy (non-hydrogen) atoms. The molecule has 5 aliphatic heterocycles. The number of fused-ring (bicyclic) bond motifs is 3. The largest absolute Gasteiger partial charge is 0.459 e. The molecule has 6 nitrogen and oxygen atoms in total. The Hall–Kier alpha value is -2.47. The summed E-state index contributed by atoms with van der Waals surface area (Å²) >= 11 is 0. The number of carbonyl (C=O) groups excluding carboxylic acids is 1. The maximum atomic E-state index is 13.2. The van der Waals surface area contributed by atoms with Crippen LogP contribution in [0.2, 0.25) is 0 Å². The molecule has 0 spiro atoms. The molecule has 0 unspecified atom stereocenters. The minimum atomic E-state index is 0.0204. The Kier molecular flexibility index (Phi) is 3.32. The van der Waals surface area contributed by atoms with E-state index in [0.29, 0.717) is 17.7 Å². The van der Waals surface area contributed by atoms with E-state index in [4.69, 9.17) is 13.9 Å². The normalized spacial score (nSPS) is 33.3. The summed E-state index contributed by atoms with van der Waals surface area (Å²) in [6, 6.07) is 10.4. The van der Waals surface area contributed by atoms with Crippen molar-refractivity contribution in [1.82, 2.24) is 9.80 Å². The summed E-state index contributed by atoms with van der Waals surface area (Å²) in [5.74, 6) is 2.95. The maximum Gasteiger partial charge on any atom is 0.289 e. The number of furan rings is 1. The molecule has 3 atom stereocenters. The summed E-state index contributed by atoms with van der Waals surface area (Å²) in [4.78, 5) is 17.8. The molecule has 0 saturated carbocycles. The number of nitrogens with zero attached hydrogens (tertiary/aromatic N) is 2. The molecule has 1 aromatic heterocycles. The number of piperidine rings is 3. The van der Waals surface area contributed by atoms with E-state index < -0.39 is 0 Å². The van der Waals surface area contributed by atoms with Gasteiger partial charge < -0.3 is 18.8 Å². The Balaban J connectivity index is 1.39. The molecular formula is C21H22N2O4. The quantitative estimate of drug-likeness (QED) is 0.818. The lowest BCUT2D eigenvalue weighted by atomic mass is 9.75. The van der Waals surface area contributed by atoms with E-state index in [-0.39, 0.29) is 24.7 Å². The molecule has 7 rings (SSSR count). The van der Waals surface area contributed by atoms with Crippen molar-refractivity contribution in [3.63, 3.8) is 0 Å². The lowest BCUT2D eigenvalue weighted by Crippen LogP contribution is -2.60. The van der Waals surface area contributed by atoms with Crippen molar-refractivity contribution >= 4 is 5.91 Å². The third-order valence-corrected chi connectivity index (χ3v) is 6.81. The van der Waals surface area contributed by atoms with Crippen molar-refractivity contribution in [3.05, 3.63) is 47.9 Å². The highest BCUT2D eigenvalue weighted by atomic mass is 16.7. The molecule has 6 heteroatoms. The molecule has 0 N–H and O–H groups in total. The fraction of sp³-hybridized carbons (Fsp3) is 0.476. The van der Waals surface area contributed by atoms with Gasteiger partial charge in [-0.05, 0) is 61.7 Å². The van der Waals surface area contributed by atoms with Crippen LogP contribution in [0, 0.1) is 5.92 Å². The molecule has 0 aliphatic carbocycles. The van der Waals surface area contributed by atoms with Crippen LogP contribution in [0.3, 0.4) is 0 Å². The second kappa shape index (κ2) is 5.76. The van der Waals surface area contributed by atoms with E-state index in [1.807, 2.05) is 6.07 Å². The van der Waals surface area contributed by atoms with E-state index in [1.54, 1.807) is 18.4 Å². The average Bonchev–Trinajstić information content (AvgIpc) is 3.47. The smallest absolute Gasteiger partial charge is 0.289 e. The number of ether oxygens (including phenoxy) is 2. The van der Waals surface area contributed by atoms with Crippen molar-refractivity contribution in [3.8, 4) is 11.5 Å². The first-order valence-electron chi connectivity index (χ1n) is 9.78. The summed E-state index contributed by atoms with van der Waals surface area (Å²) in [5, 5.41) is 0. The van der Waals surface area contributed by atoms with Gasteiger partial charge in [-0.1, -0.05) is 6.07 Å². The van der Waals surface area contributed by atoms with Crippen molar-refractivity contribution in [1.29, 1.82) is 0 Å². The van der Waals surface area contributed by atoms with Crippen LogP contribution in [0.25, 0.3) is 0 Å². The van der Waals surface area contributed by atoms with Crippen LogP contribution < -0.4 is 9.47 Å². The molecule has 1 amide bonds. The topological polar surface area (TPSA) is 55.2 Å². The lowest BCUT2D eigenvalue weighted by molar-refractivity contribution is -0.00429. The monoisotopic (exact) mass is 366 g/mol. The van der Waals surface area contributed by atoms with Gasteiger partial charge in [0.05, 0.1) is 12.3 Å². The van der Waals surface area contributed by atoms with Gasteiger partial charge in [-0.3, -0.25) is 9.69 Å². The van der Waals surface area contributed by atoms with Crippen LogP contribution in [-0.2, 0) is 0 Å². The van der Waals surface area contributed by atoms with Gasteiger partial charge in [0.15, 0.2) is 17.3 Å². The molecule has 6 heterocycles. The second-order valence-corrected chi connectivity index (χ2v) is 8.01. The van der Waals surface area contributed by atoms with Gasteiger partial charge in [0.25, 0.3) is 5.91 Å². The van der Waals surface area contributed by atoms with Crippen molar-refractivity contribution < 1.29 is 18.7 Å². The zero-order valence-corrected chi connectivity index (χ0v) is 15.0. The number of benzene rings is 1. The Morgan fingerprint density at radius 2 is 1.89 bits per heavy atom. The number of hydrogen-bond donors (Lipinski definition) is 0. The highest BCUT2D eigenvalue weighted by molar-refractivity contribution is 5.92. The second-order valence-electron chi connectivity index (χ2n) is 8.01. The summed E-state index contributed by atoms with van der Waals surface area (Å²) in [5.41, 5.74) is 1.23. The van der Waals surface area contributed by atoms with E-state index in [1.165, 1.54) is 18.4 Å². The standard InChI is InChI=1S/C21H22N2O4/c24-21(17-2-1-9-25-17)23-11-15(14-3-4-16-18(10-14)27-12-26-16)20-19(23)13-5-7-22(20)8-6-13/h1-4,9-10,13,15,19-20H,5-8,11-12H2/t15-,19+,20+/m0/s1. The Morgan fingerprint density at radius 1 is 1.04 bits per heavy atom. The zero-order valence-electron chi connectivity index (χ0n) is 15.0. The third kappa shape index (κ3) is 2.26. The Labute approximate surface area is 157 Å². The fourth-order valence-corrected chi connectivity index (χ4v) is 5.63. The molecule has 0 radical (unpaired) electrons.